The molecule has 0 unspecified atom stereocenters. The van der Waals surface area contributed by atoms with Crippen molar-refractivity contribution in [2.75, 3.05) is 11.6 Å². The highest BCUT2D eigenvalue weighted by atomic mass is 35.5. The normalized spacial score (nSPS) is 16.3. The Hall–Kier alpha value is -1.37. The topological polar surface area (TPSA) is 72.0 Å². The molecule has 5 nitrogen and oxygen atoms in total. The van der Waals surface area contributed by atoms with Crippen LogP contribution >= 0.6 is 23.2 Å². The van der Waals surface area contributed by atoms with Gasteiger partial charge in [-0.3, -0.25) is 0 Å². The van der Waals surface area contributed by atoms with Crippen molar-refractivity contribution in [1.29, 1.82) is 0 Å². The van der Waals surface area contributed by atoms with E-state index in [2.05, 4.69) is 15.3 Å². The highest BCUT2D eigenvalue weighted by Crippen LogP contribution is 2.54. The van der Waals surface area contributed by atoms with Crippen LogP contribution in [0.4, 0.5) is 11.5 Å². The fourth-order valence-corrected chi connectivity index (χ4v) is 4.20. The van der Waals surface area contributed by atoms with Gasteiger partial charge in [-0.05, 0) is 36.1 Å². The summed E-state index contributed by atoms with van der Waals surface area (Å²) in [6, 6.07) is 7.25. The Morgan fingerprint density at radius 1 is 1.23 bits per heavy atom. The van der Waals surface area contributed by atoms with Crippen molar-refractivity contribution in [2.24, 2.45) is 0 Å². The second-order valence-corrected chi connectivity index (χ2v) is 8.34. The van der Waals surface area contributed by atoms with E-state index in [1.807, 2.05) is 18.2 Å². The summed E-state index contributed by atoms with van der Waals surface area (Å²) in [7, 11) is -3.21. The van der Waals surface area contributed by atoms with Gasteiger partial charge in [-0.15, -0.1) is 0 Å². The molecule has 1 aromatic carbocycles. The van der Waals surface area contributed by atoms with E-state index in [0.29, 0.717) is 29.4 Å². The van der Waals surface area contributed by atoms with Gasteiger partial charge in [0.25, 0.3) is 0 Å². The molecule has 0 spiro atoms. The maximum atomic E-state index is 12.1. The van der Waals surface area contributed by atoms with Gasteiger partial charge in [0.1, 0.15) is 5.02 Å². The molecule has 0 saturated heterocycles. The minimum absolute atomic E-state index is 0.0635. The first-order valence-corrected chi connectivity index (χ1v) is 9.22. The van der Waals surface area contributed by atoms with Gasteiger partial charge in [0.15, 0.2) is 15.7 Å². The Bertz CT molecular complexity index is 836. The zero-order valence-electron chi connectivity index (χ0n) is 11.7. The molecule has 22 heavy (non-hydrogen) atoms. The Kier molecular flexibility index (Phi) is 3.79. The smallest absolute Gasteiger partial charge is 0.224 e. The van der Waals surface area contributed by atoms with Gasteiger partial charge in [0.05, 0.1) is 10.9 Å². The summed E-state index contributed by atoms with van der Waals surface area (Å²) in [5, 5.41) is 3.44. The van der Waals surface area contributed by atoms with Gasteiger partial charge in [-0.1, -0.05) is 29.8 Å². The first kappa shape index (κ1) is 15.5. The van der Waals surface area contributed by atoms with Crippen LogP contribution in [0.15, 0.2) is 30.5 Å². The number of nitrogens with one attached hydrogen (secondary N) is 1. The first-order chi connectivity index (χ1) is 10.3. The number of halogens is 2. The van der Waals surface area contributed by atoms with Crippen LogP contribution in [0.1, 0.15) is 18.4 Å². The van der Waals surface area contributed by atoms with E-state index < -0.39 is 14.6 Å². The number of benzene rings is 1. The molecule has 2 aromatic rings. The lowest BCUT2D eigenvalue weighted by Gasteiger charge is -2.19. The SMILES string of the molecule is CS(=O)(=O)C1(c2ccccc2Nc2nc(Cl)ncc2Cl)CC1. The Morgan fingerprint density at radius 2 is 1.91 bits per heavy atom. The number of sulfone groups is 1. The summed E-state index contributed by atoms with van der Waals surface area (Å²) >= 11 is 11.8. The fraction of sp³-hybridized carbons (Fsp3) is 0.286. The molecule has 116 valence electrons. The molecule has 0 radical (unpaired) electrons. The molecule has 0 aliphatic heterocycles. The predicted molar refractivity (Wildman–Crippen MR) is 87.5 cm³/mol. The van der Waals surface area contributed by atoms with Crippen LogP contribution in [-0.2, 0) is 14.6 Å². The Morgan fingerprint density at radius 3 is 2.55 bits per heavy atom. The van der Waals surface area contributed by atoms with Crippen LogP contribution in [0.25, 0.3) is 0 Å². The number of hydrogen-bond donors (Lipinski definition) is 1. The van der Waals surface area contributed by atoms with E-state index in [4.69, 9.17) is 23.2 Å². The number of aromatic nitrogens is 2. The van der Waals surface area contributed by atoms with Crippen LogP contribution < -0.4 is 5.32 Å². The third-order valence-corrected chi connectivity index (χ3v) is 6.31. The molecular formula is C14H13Cl2N3O2S. The first-order valence-electron chi connectivity index (χ1n) is 6.58. The molecule has 0 atom stereocenters. The van der Waals surface area contributed by atoms with Crippen molar-refractivity contribution >= 4 is 44.5 Å². The second kappa shape index (κ2) is 5.37. The summed E-state index contributed by atoms with van der Waals surface area (Å²) in [6.45, 7) is 0. The lowest BCUT2D eigenvalue weighted by atomic mass is 10.1. The van der Waals surface area contributed by atoms with Crippen molar-refractivity contribution in [1.82, 2.24) is 9.97 Å². The summed E-state index contributed by atoms with van der Waals surface area (Å²) < 4.78 is 23.5. The summed E-state index contributed by atoms with van der Waals surface area (Å²) in [5.74, 6) is 0.346. The monoisotopic (exact) mass is 357 g/mol. The van der Waals surface area contributed by atoms with Crippen molar-refractivity contribution in [3.05, 3.63) is 46.3 Å². The molecule has 1 aromatic heterocycles. The highest BCUT2D eigenvalue weighted by Gasteiger charge is 2.54. The van der Waals surface area contributed by atoms with Gasteiger partial charge in [-0.25, -0.2) is 13.4 Å². The largest absolute Gasteiger partial charge is 0.339 e. The van der Waals surface area contributed by atoms with E-state index in [9.17, 15) is 8.42 Å². The molecule has 8 heteroatoms. The van der Waals surface area contributed by atoms with E-state index >= 15 is 0 Å². The van der Waals surface area contributed by atoms with E-state index in [1.165, 1.54) is 12.5 Å². The van der Waals surface area contributed by atoms with Crippen molar-refractivity contribution in [3.8, 4) is 0 Å². The van der Waals surface area contributed by atoms with E-state index in [0.717, 1.165) is 5.56 Å². The third-order valence-electron chi connectivity index (χ3n) is 3.80. The summed E-state index contributed by atoms with van der Waals surface area (Å²) in [5.41, 5.74) is 1.38. The highest BCUT2D eigenvalue weighted by molar-refractivity contribution is 7.92. The molecule has 1 saturated carbocycles. The molecule has 1 aliphatic rings. The average molecular weight is 358 g/mol. The molecule has 0 amide bonds. The standard InChI is InChI=1S/C14H13Cl2N3O2S/c1-22(20,21)14(6-7-14)9-4-2-3-5-11(9)18-12-10(15)8-17-13(16)19-12/h2-5,8H,6-7H2,1H3,(H,17,18,19). The third kappa shape index (κ3) is 2.66. The number of anilines is 2. The van der Waals surface area contributed by atoms with E-state index in [-0.39, 0.29) is 5.28 Å². The molecule has 0 bridgehead atoms. The van der Waals surface area contributed by atoms with Gasteiger partial charge >= 0.3 is 0 Å². The summed E-state index contributed by atoms with van der Waals surface area (Å²) in [4.78, 5) is 7.83. The van der Waals surface area contributed by atoms with Crippen LogP contribution in [0.5, 0.6) is 0 Å². The van der Waals surface area contributed by atoms with Gasteiger partial charge in [-0.2, -0.15) is 4.98 Å². The molecule has 1 N–H and O–H groups in total. The van der Waals surface area contributed by atoms with Crippen LogP contribution in [0.2, 0.25) is 10.3 Å². The number of rotatable bonds is 4. The van der Waals surface area contributed by atoms with Crippen LogP contribution in [0, 0.1) is 0 Å². The molecular weight excluding hydrogens is 345 g/mol. The maximum Gasteiger partial charge on any atom is 0.224 e. The minimum Gasteiger partial charge on any atom is -0.339 e. The maximum absolute atomic E-state index is 12.1. The van der Waals surface area contributed by atoms with Gasteiger partial charge in [0.2, 0.25) is 5.28 Å². The van der Waals surface area contributed by atoms with Gasteiger partial charge in [0, 0.05) is 11.9 Å². The summed E-state index contributed by atoms with van der Waals surface area (Å²) in [6.07, 6.45) is 3.89. The molecule has 3 rings (SSSR count). The van der Waals surface area contributed by atoms with Crippen molar-refractivity contribution in [2.45, 2.75) is 17.6 Å². The number of hydrogen-bond acceptors (Lipinski definition) is 5. The van der Waals surface area contributed by atoms with Gasteiger partial charge < -0.3 is 5.32 Å². The lowest BCUT2D eigenvalue weighted by Crippen LogP contribution is -2.20. The number of nitrogens with zero attached hydrogens (tertiary/aromatic N) is 2. The predicted octanol–water partition coefficient (Wildman–Crippen LogP) is 3.56. The zero-order chi connectivity index (χ0) is 16.0. The Labute approximate surface area is 138 Å². The van der Waals surface area contributed by atoms with E-state index in [1.54, 1.807) is 6.07 Å². The fourth-order valence-electron chi connectivity index (χ4n) is 2.50. The lowest BCUT2D eigenvalue weighted by molar-refractivity contribution is 0.586. The van der Waals surface area contributed by atoms with Crippen LogP contribution in [0.3, 0.4) is 0 Å². The average Bonchev–Trinajstić information content (AvgIpc) is 3.25. The van der Waals surface area contributed by atoms with Crippen molar-refractivity contribution < 1.29 is 8.42 Å². The quantitative estimate of drug-likeness (QED) is 0.846. The molecule has 1 fully saturated rings. The van der Waals surface area contributed by atoms with Crippen LogP contribution in [-0.4, -0.2) is 24.6 Å². The second-order valence-electron chi connectivity index (χ2n) is 5.27. The van der Waals surface area contributed by atoms with Crippen molar-refractivity contribution in [3.63, 3.8) is 0 Å². The zero-order valence-corrected chi connectivity index (χ0v) is 14.0. The number of para-hydroxylation sites is 1. The Balaban J connectivity index is 2.05. The molecule has 1 heterocycles. The minimum atomic E-state index is -3.21. The molecule has 1 aliphatic carbocycles.